The van der Waals surface area contributed by atoms with E-state index >= 15 is 0 Å². The molecule has 1 unspecified atom stereocenters. The molecule has 150 valence electrons. The maximum absolute atomic E-state index is 12.8. The lowest BCUT2D eigenvalue weighted by Crippen LogP contribution is -2.20. The number of hydrogen-bond donors (Lipinski definition) is 2. The highest BCUT2D eigenvalue weighted by Gasteiger charge is 2.23. The standard InChI is InChI=1S/C22H29N3O2S/c1-4-5-6-7-18-14(3)19(20(23)26)22(28-18)25-21(27)17-11-9-15-12-13(2)8-10-16(15)24-17/h9,11,13H,4-8,10,12H2,1-3H3,(H2,23,26)(H,25,27). The number of primary amides is 1. The largest absolute Gasteiger partial charge is 0.365 e. The van der Waals surface area contributed by atoms with Crippen LogP contribution in [0.15, 0.2) is 12.1 Å². The number of unbranched alkanes of at least 4 members (excludes halogenated alkanes) is 2. The molecule has 5 nitrogen and oxygen atoms in total. The number of nitrogens with zero attached hydrogens (tertiary/aromatic N) is 1. The number of aromatic nitrogens is 1. The van der Waals surface area contributed by atoms with E-state index in [4.69, 9.17) is 5.73 Å². The molecule has 0 spiro atoms. The average molecular weight is 400 g/mol. The van der Waals surface area contributed by atoms with Gasteiger partial charge in [0.05, 0.1) is 5.56 Å². The van der Waals surface area contributed by atoms with Gasteiger partial charge in [0.2, 0.25) is 0 Å². The van der Waals surface area contributed by atoms with E-state index in [1.54, 1.807) is 6.07 Å². The lowest BCUT2D eigenvalue weighted by Gasteiger charge is -2.20. The zero-order chi connectivity index (χ0) is 20.3. The first-order chi connectivity index (χ1) is 13.4. The van der Waals surface area contributed by atoms with Crippen molar-refractivity contribution in [3.05, 3.63) is 45.1 Å². The summed E-state index contributed by atoms with van der Waals surface area (Å²) in [5, 5.41) is 3.43. The van der Waals surface area contributed by atoms with E-state index in [9.17, 15) is 9.59 Å². The molecule has 0 fully saturated rings. The number of amides is 2. The minimum atomic E-state index is -0.502. The van der Waals surface area contributed by atoms with E-state index in [-0.39, 0.29) is 5.91 Å². The summed E-state index contributed by atoms with van der Waals surface area (Å²) < 4.78 is 0. The zero-order valence-corrected chi connectivity index (χ0v) is 17.7. The van der Waals surface area contributed by atoms with E-state index in [1.807, 2.05) is 13.0 Å². The predicted molar refractivity (Wildman–Crippen MR) is 114 cm³/mol. The monoisotopic (exact) mass is 399 g/mol. The molecule has 1 aliphatic carbocycles. The fourth-order valence-electron chi connectivity index (χ4n) is 3.81. The summed E-state index contributed by atoms with van der Waals surface area (Å²) in [6.45, 7) is 6.31. The maximum Gasteiger partial charge on any atom is 0.274 e. The zero-order valence-electron chi connectivity index (χ0n) is 16.9. The van der Waals surface area contributed by atoms with Gasteiger partial charge in [0.15, 0.2) is 0 Å². The van der Waals surface area contributed by atoms with E-state index < -0.39 is 5.91 Å². The Morgan fingerprint density at radius 1 is 1.32 bits per heavy atom. The molecule has 1 atom stereocenters. The molecule has 3 N–H and O–H groups in total. The number of carbonyl (C=O) groups is 2. The molecular weight excluding hydrogens is 370 g/mol. The van der Waals surface area contributed by atoms with E-state index in [0.717, 1.165) is 61.1 Å². The third-order valence-corrected chi connectivity index (χ3v) is 6.74. The molecule has 28 heavy (non-hydrogen) atoms. The van der Waals surface area contributed by atoms with Gasteiger partial charge >= 0.3 is 0 Å². The number of fused-ring (bicyclic) bond motifs is 1. The first kappa shape index (κ1) is 20.5. The van der Waals surface area contributed by atoms with Gasteiger partial charge in [-0.3, -0.25) is 9.59 Å². The summed E-state index contributed by atoms with van der Waals surface area (Å²) in [5.41, 5.74) is 9.56. The van der Waals surface area contributed by atoms with E-state index in [0.29, 0.717) is 22.2 Å². The van der Waals surface area contributed by atoms with Gasteiger partial charge in [0.1, 0.15) is 10.7 Å². The van der Waals surface area contributed by atoms with Gasteiger partial charge in [0, 0.05) is 10.6 Å². The third-order valence-electron chi connectivity index (χ3n) is 5.47. The predicted octanol–water partition coefficient (Wildman–Crippen LogP) is 4.66. The van der Waals surface area contributed by atoms with Crippen LogP contribution in [-0.2, 0) is 19.3 Å². The SMILES string of the molecule is CCCCCc1sc(NC(=O)c2ccc3c(n2)CCC(C)C3)c(C(N)=O)c1C. The number of nitrogens with two attached hydrogens (primary N) is 1. The van der Waals surface area contributed by atoms with Gasteiger partial charge in [-0.1, -0.05) is 32.8 Å². The molecule has 3 rings (SSSR count). The Balaban J connectivity index is 1.81. The minimum absolute atomic E-state index is 0.287. The van der Waals surface area contributed by atoms with Gasteiger partial charge in [-0.15, -0.1) is 11.3 Å². The molecule has 0 radical (unpaired) electrons. The van der Waals surface area contributed by atoms with Crippen molar-refractivity contribution in [1.82, 2.24) is 4.98 Å². The molecule has 6 heteroatoms. The average Bonchev–Trinajstić information content (AvgIpc) is 2.96. The number of hydrogen-bond acceptors (Lipinski definition) is 4. The number of rotatable bonds is 7. The van der Waals surface area contributed by atoms with Crippen molar-refractivity contribution in [2.75, 3.05) is 5.32 Å². The van der Waals surface area contributed by atoms with Gasteiger partial charge in [0.25, 0.3) is 11.8 Å². The second kappa shape index (κ2) is 8.86. The van der Waals surface area contributed by atoms with Gasteiger partial charge in [-0.25, -0.2) is 4.98 Å². The van der Waals surface area contributed by atoms with Crippen molar-refractivity contribution in [3.63, 3.8) is 0 Å². The smallest absolute Gasteiger partial charge is 0.274 e. The Kier molecular flexibility index (Phi) is 6.50. The molecule has 0 saturated heterocycles. The normalized spacial score (nSPS) is 15.9. The van der Waals surface area contributed by atoms with Gasteiger partial charge < -0.3 is 11.1 Å². The highest BCUT2D eigenvalue weighted by Crippen LogP contribution is 2.34. The van der Waals surface area contributed by atoms with Crippen LogP contribution >= 0.6 is 11.3 Å². The number of anilines is 1. The Bertz CT molecular complexity index is 888. The van der Waals surface area contributed by atoms with Crippen molar-refractivity contribution in [1.29, 1.82) is 0 Å². The quantitative estimate of drug-likeness (QED) is 0.664. The molecule has 2 aromatic heterocycles. The number of pyridine rings is 1. The fourth-order valence-corrected chi connectivity index (χ4v) is 5.05. The van der Waals surface area contributed by atoms with Crippen LogP contribution in [0, 0.1) is 12.8 Å². The molecule has 2 amide bonds. The van der Waals surface area contributed by atoms with Crippen LogP contribution in [0.1, 0.15) is 82.1 Å². The third kappa shape index (κ3) is 4.43. The Labute approximate surface area is 170 Å². The summed E-state index contributed by atoms with van der Waals surface area (Å²) in [6.07, 6.45) is 7.26. The molecule has 2 heterocycles. The van der Waals surface area contributed by atoms with Crippen molar-refractivity contribution < 1.29 is 9.59 Å². The molecule has 2 aromatic rings. The Hall–Kier alpha value is -2.21. The van der Waals surface area contributed by atoms with Crippen molar-refractivity contribution in [3.8, 4) is 0 Å². The Morgan fingerprint density at radius 2 is 2.11 bits per heavy atom. The Morgan fingerprint density at radius 3 is 2.82 bits per heavy atom. The fraction of sp³-hybridized carbons (Fsp3) is 0.500. The maximum atomic E-state index is 12.8. The van der Waals surface area contributed by atoms with Crippen molar-refractivity contribution in [2.24, 2.45) is 11.7 Å². The first-order valence-electron chi connectivity index (χ1n) is 10.1. The minimum Gasteiger partial charge on any atom is -0.365 e. The van der Waals surface area contributed by atoms with Crippen LogP contribution in [0.3, 0.4) is 0 Å². The van der Waals surface area contributed by atoms with Crippen LogP contribution in [0.4, 0.5) is 5.00 Å². The summed E-state index contributed by atoms with van der Waals surface area (Å²) >= 11 is 1.46. The second-order valence-electron chi connectivity index (χ2n) is 7.78. The van der Waals surface area contributed by atoms with Crippen LogP contribution in [0.5, 0.6) is 0 Å². The lowest BCUT2D eigenvalue weighted by atomic mass is 9.88. The van der Waals surface area contributed by atoms with Crippen LogP contribution in [-0.4, -0.2) is 16.8 Å². The summed E-state index contributed by atoms with van der Waals surface area (Å²) in [5.74, 6) is -0.129. The van der Waals surface area contributed by atoms with Crippen LogP contribution < -0.4 is 11.1 Å². The molecular formula is C22H29N3O2S. The van der Waals surface area contributed by atoms with Crippen LogP contribution in [0.2, 0.25) is 0 Å². The lowest BCUT2D eigenvalue weighted by molar-refractivity contribution is 0.100. The second-order valence-corrected chi connectivity index (χ2v) is 8.89. The molecule has 0 saturated carbocycles. The summed E-state index contributed by atoms with van der Waals surface area (Å²) in [4.78, 5) is 30.5. The van der Waals surface area contributed by atoms with Crippen LogP contribution in [0.25, 0.3) is 0 Å². The molecule has 0 bridgehead atoms. The van der Waals surface area contributed by atoms with Gasteiger partial charge in [-0.2, -0.15) is 0 Å². The highest BCUT2D eigenvalue weighted by molar-refractivity contribution is 7.17. The number of aryl methyl sites for hydroxylation is 2. The van der Waals surface area contributed by atoms with Gasteiger partial charge in [-0.05, 0) is 62.1 Å². The molecule has 0 aliphatic heterocycles. The van der Waals surface area contributed by atoms with Crippen molar-refractivity contribution >= 4 is 28.2 Å². The topological polar surface area (TPSA) is 85.1 Å². The van der Waals surface area contributed by atoms with E-state index in [1.165, 1.54) is 16.9 Å². The number of thiophene rings is 1. The highest BCUT2D eigenvalue weighted by atomic mass is 32.1. The molecule has 0 aromatic carbocycles. The summed E-state index contributed by atoms with van der Waals surface area (Å²) in [6, 6.07) is 3.79. The number of carbonyl (C=O) groups excluding carboxylic acids is 2. The summed E-state index contributed by atoms with van der Waals surface area (Å²) in [7, 11) is 0. The van der Waals surface area contributed by atoms with Crippen molar-refractivity contribution in [2.45, 2.75) is 65.7 Å². The first-order valence-corrected chi connectivity index (χ1v) is 10.9. The van der Waals surface area contributed by atoms with E-state index in [2.05, 4.69) is 24.1 Å². The number of nitrogens with one attached hydrogen (secondary N) is 1. The molecule has 1 aliphatic rings.